The number of hydrogen-bond acceptors (Lipinski definition) is 6. The van der Waals surface area contributed by atoms with E-state index in [1.165, 1.54) is 7.11 Å². The number of methoxy groups -OCH3 is 1. The van der Waals surface area contributed by atoms with E-state index in [0.717, 1.165) is 17.8 Å². The van der Waals surface area contributed by atoms with Crippen molar-refractivity contribution in [3.05, 3.63) is 15.8 Å². The molecule has 1 rings (SSSR count). The van der Waals surface area contributed by atoms with Crippen molar-refractivity contribution in [2.45, 2.75) is 31.6 Å². The monoisotopic (exact) mass is 335 g/mol. The first-order valence-electron chi connectivity index (χ1n) is 6.67. The highest BCUT2D eigenvalue weighted by molar-refractivity contribution is 7.89. The van der Waals surface area contributed by atoms with Crippen LogP contribution in [0.5, 0.6) is 0 Å². The maximum Gasteiger partial charge on any atom is 0.349 e. The Balaban J connectivity index is 2.70. The van der Waals surface area contributed by atoms with Crippen molar-refractivity contribution in [2.24, 2.45) is 0 Å². The van der Waals surface area contributed by atoms with Gasteiger partial charge in [0.25, 0.3) is 0 Å². The summed E-state index contributed by atoms with van der Waals surface area (Å²) in [6, 6.07) is 0. The minimum atomic E-state index is -3.72. The molecule has 0 aliphatic heterocycles. The molecule has 120 valence electrons. The van der Waals surface area contributed by atoms with Gasteiger partial charge in [-0.3, -0.25) is 0 Å². The van der Waals surface area contributed by atoms with Gasteiger partial charge in [0.05, 0.1) is 7.11 Å². The standard InChI is InChI=1S/C13H21NO5S2/c1-4-7-19-8-5-6-14-21(16,17)12-10(2)9-20-11(12)13(15)18-3/h9,14H,4-8H2,1-3H3. The summed E-state index contributed by atoms with van der Waals surface area (Å²) in [5.41, 5.74) is 0.537. The summed E-state index contributed by atoms with van der Waals surface area (Å²) >= 11 is 1.07. The summed E-state index contributed by atoms with van der Waals surface area (Å²) in [6.45, 7) is 5.10. The number of nitrogens with one attached hydrogen (secondary N) is 1. The molecule has 0 atom stereocenters. The SMILES string of the molecule is CCCOCCCNS(=O)(=O)c1c(C)csc1C(=O)OC. The van der Waals surface area contributed by atoms with E-state index in [0.29, 0.717) is 25.2 Å². The zero-order valence-electron chi connectivity index (χ0n) is 12.5. The first kappa shape index (κ1) is 18.1. The Labute approximate surface area is 129 Å². The quantitative estimate of drug-likeness (QED) is 0.551. The molecule has 8 heteroatoms. The Bertz CT molecular complexity index is 565. The summed E-state index contributed by atoms with van der Waals surface area (Å²) in [5, 5.41) is 1.63. The van der Waals surface area contributed by atoms with Crippen molar-refractivity contribution < 1.29 is 22.7 Å². The van der Waals surface area contributed by atoms with Gasteiger partial charge in [-0.25, -0.2) is 17.9 Å². The Morgan fingerprint density at radius 1 is 1.38 bits per heavy atom. The Morgan fingerprint density at radius 2 is 2.10 bits per heavy atom. The number of esters is 1. The Hall–Kier alpha value is -0.960. The van der Waals surface area contributed by atoms with Gasteiger partial charge in [0, 0.05) is 19.8 Å². The molecule has 0 radical (unpaired) electrons. The molecule has 0 saturated heterocycles. The van der Waals surface area contributed by atoms with E-state index >= 15 is 0 Å². The fourth-order valence-corrected chi connectivity index (χ4v) is 4.48. The molecule has 0 spiro atoms. The first-order valence-corrected chi connectivity index (χ1v) is 9.04. The van der Waals surface area contributed by atoms with E-state index < -0.39 is 16.0 Å². The summed E-state index contributed by atoms with van der Waals surface area (Å²) < 4.78 is 37.0. The minimum absolute atomic E-state index is 0.00817. The smallest absolute Gasteiger partial charge is 0.349 e. The van der Waals surface area contributed by atoms with Crippen LogP contribution in [0.2, 0.25) is 0 Å². The summed E-state index contributed by atoms with van der Waals surface area (Å²) in [5.74, 6) is -0.639. The van der Waals surface area contributed by atoms with Crippen molar-refractivity contribution in [3.63, 3.8) is 0 Å². The predicted octanol–water partition coefficient (Wildman–Crippen LogP) is 1.94. The van der Waals surface area contributed by atoms with Crippen LogP contribution >= 0.6 is 11.3 Å². The van der Waals surface area contributed by atoms with Crippen molar-refractivity contribution >= 4 is 27.3 Å². The highest BCUT2D eigenvalue weighted by atomic mass is 32.2. The van der Waals surface area contributed by atoms with E-state index in [1.54, 1.807) is 12.3 Å². The highest BCUT2D eigenvalue weighted by Crippen LogP contribution is 2.27. The molecule has 1 N–H and O–H groups in total. The number of carbonyl (C=O) groups is 1. The average molecular weight is 335 g/mol. The Kier molecular flexibility index (Phi) is 7.30. The molecule has 0 aliphatic carbocycles. The van der Waals surface area contributed by atoms with Crippen LogP contribution in [0.1, 0.15) is 35.0 Å². The molecule has 0 amide bonds. The van der Waals surface area contributed by atoms with E-state index in [1.807, 2.05) is 6.92 Å². The second-order valence-electron chi connectivity index (χ2n) is 4.43. The molecule has 0 unspecified atom stereocenters. The Morgan fingerprint density at radius 3 is 2.71 bits per heavy atom. The third-order valence-corrected chi connectivity index (χ3v) is 5.52. The topological polar surface area (TPSA) is 81.7 Å². The van der Waals surface area contributed by atoms with E-state index in [-0.39, 0.29) is 16.3 Å². The number of thiophene rings is 1. The van der Waals surface area contributed by atoms with Gasteiger partial charge in [-0.2, -0.15) is 0 Å². The number of carbonyl (C=O) groups excluding carboxylic acids is 1. The van der Waals surface area contributed by atoms with Gasteiger partial charge in [0.2, 0.25) is 10.0 Å². The van der Waals surface area contributed by atoms with Crippen molar-refractivity contribution in [1.82, 2.24) is 4.72 Å². The molecule has 1 heterocycles. The maximum absolute atomic E-state index is 12.3. The molecule has 0 aromatic carbocycles. The van der Waals surface area contributed by atoms with Gasteiger partial charge in [-0.15, -0.1) is 11.3 Å². The second kappa shape index (κ2) is 8.47. The third kappa shape index (κ3) is 5.06. The minimum Gasteiger partial charge on any atom is -0.465 e. The first-order chi connectivity index (χ1) is 9.94. The normalized spacial score (nSPS) is 11.6. The lowest BCUT2D eigenvalue weighted by atomic mass is 10.3. The van der Waals surface area contributed by atoms with Crippen molar-refractivity contribution in [2.75, 3.05) is 26.9 Å². The zero-order chi connectivity index (χ0) is 15.9. The molecule has 1 aromatic heterocycles. The van der Waals surface area contributed by atoms with Gasteiger partial charge < -0.3 is 9.47 Å². The van der Waals surface area contributed by atoms with Crippen LogP contribution in [0.3, 0.4) is 0 Å². The highest BCUT2D eigenvalue weighted by Gasteiger charge is 2.27. The van der Waals surface area contributed by atoms with Crippen LogP contribution in [0.4, 0.5) is 0 Å². The number of aryl methyl sites for hydroxylation is 1. The number of rotatable bonds is 9. The van der Waals surface area contributed by atoms with Crippen LogP contribution in [-0.2, 0) is 19.5 Å². The zero-order valence-corrected chi connectivity index (χ0v) is 14.1. The summed E-state index contributed by atoms with van der Waals surface area (Å²) in [7, 11) is -2.49. The van der Waals surface area contributed by atoms with Gasteiger partial charge >= 0.3 is 5.97 Å². The average Bonchev–Trinajstić information content (AvgIpc) is 2.84. The molecule has 6 nitrogen and oxygen atoms in total. The van der Waals surface area contributed by atoms with Crippen LogP contribution in [0, 0.1) is 6.92 Å². The van der Waals surface area contributed by atoms with Crippen LogP contribution in [0.25, 0.3) is 0 Å². The molecular formula is C13H21NO5S2. The second-order valence-corrected chi connectivity index (χ2v) is 7.02. The number of ether oxygens (including phenoxy) is 2. The lowest BCUT2D eigenvalue weighted by Crippen LogP contribution is -2.27. The van der Waals surface area contributed by atoms with Crippen LogP contribution in [-0.4, -0.2) is 41.3 Å². The van der Waals surface area contributed by atoms with Gasteiger partial charge in [0.15, 0.2) is 0 Å². The molecule has 0 bridgehead atoms. The molecular weight excluding hydrogens is 314 g/mol. The van der Waals surface area contributed by atoms with Crippen LogP contribution in [0.15, 0.2) is 10.3 Å². The number of hydrogen-bond donors (Lipinski definition) is 1. The largest absolute Gasteiger partial charge is 0.465 e. The predicted molar refractivity (Wildman–Crippen MR) is 81.3 cm³/mol. The molecule has 21 heavy (non-hydrogen) atoms. The summed E-state index contributed by atoms with van der Waals surface area (Å²) in [6.07, 6.45) is 1.51. The van der Waals surface area contributed by atoms with E-state index in [4.69, 9.17) is 4.74 Å². The molecule has 1 aromatic rings. The molecule has 0 saturated carbocycles. The maximum atomic E-state index is 12.3. The lowest BCUT2D eigenvalue weighted by molar-refractivity contribution is 0.0602. The fourth-order valence-electron chi connectivity index (χ4n) is 1.70. The van der Waals surface area contributed by atoms with Crippen LogP contribution < -0.4 is 4.72 Å². The van der Waals surface area contributed by atoms with Crippen molar-refractivity contribution in [1.29, 1.82) is 0 Å². The van der Waals surface area contributed by atoms with E-state index in [2.05, 4.69) is 9.46 Å². The fraction of sp³-hybridized carbons (Fsp3) is 0.615. The molecule has 0 aliphatic rings. The summed E-state index contributed by atoms with van der Waals surface area (Å²) in [4.78, 5) is 11.7. The molecule has 0 fully saturated rings. The van der Waals surface area contributed by atoms with Gasteiger partial charge in [-0.05, 0) is 30.7 Å². The van der Waals surface area contributed by atoms with E-state index in [9.17, 15) is 13.2 Å². The van der Waals surface area contributed by atoms with Gasteiger partial charge in [0.1, 0.15) is 9.77 Å². The lowest BCUT2D eigenvalue weighted by Gasteiger charge is -2.08. The third-order valence-electron chi connectivity index (χ3n) is 2.66. The van der Waals surface area contributed by atoms with Gasteiger partial charge in [-0.1, -0.05) is 6.92 Å². The number of sulfonamides is 1. The van der Waals surface area contributed by atoms with Crippen molar-refractivity contribution in [3.8, 4) is 0 Å².